The molecule has 0 atom stereocenters. The minimum absolute atomic E-state index is 0.180. The number of carbonyl (C=O) groups excluding carboxylic acids is 1. The van der Waals surface area contributed by atoms with Crippen molar-refractivity contribution in [2.75, 3.05) is 6.54 Å². The summed E-state index contributed by atoms with van der Waals surface area (Å²) >= 11 is 3.59. The van der Waals surface area contributed by atoms with E-state index in [9.17, 15) is 4.79 Å². The van der Waals surface area contributed by atoms with Crippen LogP contribution in [0.3, 0.4) is 0 Å². The molecule has 1 N–H and O–H groups in total. The molecule has 2 saturated carbocycles. The lowest BCUT2D eigenvalue weighted by Gasteiger charge is -2.32. The Hall–Kier alpha value is -1.13. The van der Waals surface area contributed by atoms with E-state index in [4.69, 9.17) is 0 Å². The van der Waals surface area contributed by atoms with E-state index in [1.165, 1.54) is 48.3 Å². The third kappa shape index (κ3) is 2.74. The first kappa shape index (κ1) is 16.3. The lowest BCUT2D eigenvalue weighted by atomic mass is 9.81. The first-order chi connectivity index (χ1) is 11.8. The molecule has 0 saturated heterocycles. The highest BCUT2D eigenvalue weighted by atomic mass is 32.1. The van der Waals surface area contributed by atoms with Crippen LogP contribution in [0.1, 0.15) is 61.1 Å². The summed E-state index contributed by atoms with van der Waals surface area (Å²) in [4.78, 5) is 15.9. The number of thiophene rings is 2. The molecule has 2 aliphatic carbocycles. The lowest BCUT2D eigenvalue weighted by Crippen LogP contribution is -2.47. The summed E-state index contributed by atoms with van der Waals surface area (Å²) in [6.45, 7) is 0.805. The van der Waals surface area contributed by atoms with Gasteiger partial charge in [-0.2, -0.15) is 0 Å². The van der Waals surface area contributed by atoms with Crippen molar-refractivity contribution < 1.29 is 4.79 Å². The van der Waals surface area contributed by atoms with Gasteiger partial charge in [-0.15, -0.1) is 22.7 Å². The van der Waals surface area contributed by atoms with E-state index in [1.807, 2.05) is 11.3 Å². The topological polar surface area (TPSA) is 29.1 Å². The number of carbonyl (C=O) groups is 1. The van der Waals surface area contributed by atoms with Crippen LogP contribution < -0.4 is 5.32 Å². The lowest BCUT2D eigenvalue weighted by molar-refractivity contribution is -0.126. The Morgan fingerprint density at radius 1 is 0.917 bits per heavy atom. The van der Waals surface area contributed by atoms with Gasteiger partial charge in [0.15, 0.2) is 0 Å². The first-order valence-electron chi connectivity index (χ1n) is 9.12. The zero-order valence-corrected chi connectivity index (χ0v) is 15.7. The van der Waals surface area contributed by atoms with Crippen molar-refractivity contribution in [3.8, 4) is 0 Å². The Labute approximate surface area is 152 Å². The van der Waals surface area contributed by atoms with Crippen LogP contribution in [0.5, 0.6) is 0 Å². The van der Waals surface area contributed by atoms with Crippen LogP contribution in [0.25, 0.3) is 0 Å². The van der Waals surface area contributed by atoms with Gasteiger partial charge in [0.25, 0.3) is 0 Å². The third-order valence-corrected chi connectivity index (χ3v) is 8.27. The SMILES string of the molecule is O=C(NCC1(c2cccs2)CCCC1)C1(c2cccs2)CCCC1. The quantitative estimate of drug-likeness (QED) is 0.776. The van der Waals surface area contributed by atoms with E-state index in [1.54, 1.807) is 11.3 Å². The minimum Gasteiger partial charge on any atom is -0.354 e. The number of hydrogen-bond donors (Lipinski definition) is 1. The second kappa shape index (κ2) is 6.64. The Balaban J connectivity index is 1.53. The normalized spacial score (nSPS) is 21.8. The molecule has 128 valence electrons. The molecule has 24 heavy (non-hydrogen) atoms. The van der Waals surface area contributed by atoms with Crippen LogP contribution in [0.4, 0.5) is 0 Å². The predicted molar refractivity (Wildman–Crippen MR) is 102 cm³/mol. The molecule has 2 nitrogen and oxygen atoms in total. The maximum atomic E-state index is 13.2. The summed E-state index contributed by atoms with van der Waals surface area (Å²) < 4.78 is 0. The molecule has 2 aliphatic rings. The van der Waals surface area contributed by atoms with Crippen LogP contribution in [-0.2, 0) is 15.6 Å². The Bertz CT molecular complexity index is 663. The van der Waals surface area contributed by atoms with Gasteiger partial charge in [-0.25, -0.2) is 0 Å². The number of rotatable bonds is 5. The van der Waals surface area contributed by atoms with Crippen LogP contribution >= 0.6 is 22.7 Å². The van der Waals surface area contributed by atoms with Crippen LogP contribution in [0.2, 0.25) is 0 Å². The van der Waals surface area contributed by atoms with Crippen molar-refractivity contribution in [3.63, 3.8) is 0 Å². The van der Waals surface area contributed by atoms with Gasteiger partial charge in [-0.05, 0) is 48.6 Å². The summed E-state index contributed by atoms with van der Waals surface area (Å²) in [5.41, 5.74) is -0.0809. The Kier molecular flexibility index (Phi) is 4.52. The highest BCUT2D eigenvalue weighted by Crippen LogP contribution is 2.45. The zero-order valence-electron chi connectivity index (χ0n) is 14.1. The standard InChI is InChI=1S/C20H25NOS2/c22-18(20(11-3-4-12-20)17-8-6-14-24-17)21-15-19(9-1-2-10-19)16-7-5-13-23-16/h5-8,13-14H,1-4,9-12,15H2,(H,21,22). The van der Waals surface area contributed by atoms with E-state index >= 15 is 0 Å². The summed E-state index contributed by atoms with van der Waals surface area (Å²) in [7, 11) is 0. The fourth-order valence-corrected chi connectivity index (χ4v) is 6.65. The second-order valence-corrected chi connectivity index (χ2v) is 9.31. The van der Waals surface area contributed by atoms with Crippen molar-refractivity contribution in [3.05, 3.63) is 44.8 Å². The van der Waals surface area contributed by atoms with Gasteiger partial charge >= 0.3 is 0 Å². The van der Waals surface area contributed by atoms with Gasteiger partial charge in [0, 0.05) is 21.7 Å². The monoisotopic (exact) mass is 359 g/mol. The Morgan fingerprint density at radius 2 is 1.50 bits per heavy atom. The van der Waals surface area contributed by atoms with E-state index in [-0.39, 0.29) is 16.7 Å². The molecule has 2 aromatic rings. The number of nitrogens with one attached hydrogen (secondary N) is 1. The molecule has 0 aliphatic heterocycles. The molecule has 1 amide bonds. The molecule has 0 radical (unpaired) electrons. The molecule has 4 heteroatoms. The smallest absolute Gasteiger partial charge is 0.231 e. The fraction of sp³-hybridized carbons (Fsp3) is 0.550. The largest absolute Gasteiger partial charge is 0.354 e. The maximum Gasteiger partial charge on any atom is 0.231 e. The van der Waals surface area contributed by atoms with Gasteiger partial charge < -0.3 is 5.32 Å². The van der Waals surface area contributed by atoms with Gasteiger partial charge in [-0.3, -0.25) is 4.79 Å². The molecule has 2 aromatic heterocycles. The average molecular weight is 360 g/mol. The van der Waals surface area contributed by atoms with Crippen molar-refractivity contribution >= 4 is 28.6 Å². The molecule has 2 heterocycles. The molecule has 0 aromatic carbocycles. The highest BCUT2D eigenvalue weighted by Gasteiger charge is 2.45. The van der Waals surface area contributed by atoms with Crippen molar-refractivity contribution in [1.82, 2.24) is 5.32 Å². The molecule has 4 rings (SSSR count). The van der Waals surface area contributed by atoms with Gasteiger partial charge in [0.2, 0.25) is 5.91 Å². The molecular formula is C20H25NOS2. The Morgan fingerprint density at radius 3 is 2.08 bits per heavy atom. The molecular weight excluding hydrogens is 334 g/mol. The summed E-state index contributed by atoms with van der Waals surface area (Å²) in [5.74, 6) is 0.269. The van der Waals surface area contributed by atoms with E-state index < -0.39 is 0 Å². The zero-order chi connectivity index (χ0) is 16.5. The van der Waals surface area contributed by atoms with Crippen LogP contribution in [0, 0.1) is 0 Å². The minimum atomic E-state index is -0.261. The molecule has 0 unspecified atom stereocenters. The highest BCUT2D eigenvalue weighted by molar-refractivity contribution is 7.10. The molecule has 2 fully saturated rings. The van der Waals surface area contributed by atoms with Gasteiger partial charge in [0.05, 0.1) is 5.41 Å². The summed E-state index contributed by atoms with van der Waals surface area (Å²) in [6, 6.07) is 8.64. The number of amides is 1. The van der Waals surface area contributed by atoms with Gasteiger partial charge in [0.1, 0.15) is 0 Å². The first-order valence-corrected chi connectivity index (χ1v) is 10.9. The summed E-state index contributed by atoms with van der Waals surface area (Å²) in [5, 5.41) is 7.67. The number of hydrogen-bond acceptors (Lipinski definition) is 3. The predicted octanol–water partition coefficient (Wildman–Crippen LogP) is 5.25. The van der Waals surface area contributed by atoms with Crippen molar-refractivity contribution in [1.29, 1.82) is 0 Å². The third-order valence-electron chi connectivity index (χ3n) is 6.08. The second-order valence-electron chi connectivity index (χ2n) is 7.41. The fourth-order valence-electron chi connectivity index (χ4n) is 4.68. The maximum absolute atomic E-state index is 13.2. The van der Waals surface area contributed by atoms with Gasteiger partial charge in [-0.1, -0.05) is 37.8 Å². The average Bonchev–Trinajstić information content (AvgIpc) is 3.41. The van der Waals surface area contributed by atoms with Crippen molar-refractivity contribution in [2.45, 2.75) is 62.2 Å². The van der Waals surface area contributed by atoms with E-state index in [0.717, 1.165) is 19.4 Å². The van der Waals surface area contributed by atoms with E-state index in [0.29, 0.717) is 0 Å². The summed E-state index contributed by atoms with van der Waals surface area (Å²) in [6.07, 6.45) is 9.33. The van der Waals surface area contributed by atoms with Crippen LogP contribution in [-0.4, -0.2) is 12.5 Å². The molecule has 0 spiro atoms. The molecule has 0 bridgehead atoms. The van der Waals surface area contributed by atoms with Crippen LogP contribution in [0.15, 0.2) is 35.0 Å². The van der Waals surface area contributed by atoms with E-state index in [2.05, 4.69) is 40.3 Å². The van der Waals surface area contributed by atoms with Crippen molar-refractivity contribution in [2.24, 2.45) is 0 Å².